The van der Waals surface area contributed by atoms with E-state index >= 15 is 0 Å². The molecule has 0 aliphatic heterocycles. The number of rotatable bonds is 8. The van der Waals surface area contributed by atoms with Gasteiger partial charge in [0.1, 0.15) is 11.2 Å². The molecule has 0 unspecified atom stereocenters. The Morgan fingerprint density at radius 2 is 1.69 bits per heavy atom. The number of anilines is 2. The monoisotopic (exact) mass is 399 g/mol. The van der Waals surface area contributed by atoms with Crippen LogP contribution in [0.2, 0.25) is 0 Å². The number of hydrogen-bond donors (Lipinski definition) is 2. The number of nitrogens with zero attached hydrogens (tertiary/aromatic N) is 1. The molecule has 5 nitrogen and oxygen atoms in total. The van der Waals surface area contributed by atoms with Crippen LogP contribution in [0, 0.1) is 18.2 Å². The van der Waals surface area contributed by atoms with Gasteiger partial charge in [0.05, 0.1) is 0 Å². The third kappa shape index (κ3) is 5.34. The molecule has 0 saturated carbocycles. The smallest absolute Gasteiger partial charge is 0.239 e. The summed E-state index contributed by atoms with van der Waals surface area (Å²) < 4.78 is 13.7. The number of nitrogens with one attached hydrogen (secondary N) is 2. The first-order valence-electron chi connectivity index (χ1n) is 9.89. The molecular weight excluding hydrogens is 369 g/mol. The van der Waals surface area contributed by atoms with E-state index < -0.39 is 17.2 Å². The highest BCUT2D eigenvalue weighted by atomic mass is 19.1. The molecular formula is C23H30FN3O2. The maximum atomic E-state index is 13.7. The lowest BCUT2D eigenvalue weighted by Crippen LogP contribution is -2.45. The zero-order valence-corrected chi connectivity index (χ0v) is 17.8. The predicted molar refractivity (Wildman–Crippen MR) is 115 cm³/mol. The van der Waals surface area contributed by atoms with Crippen molar-refractivity contribution in [3.63, 3.8) is 0 Å². The highest BCUT2D eigenvalue weighted by molar-refractivity contribution is 6.10. The molecule has 0 aliphatic carbocycles. The average molecular weight is 400 g/mol. The highest BCUT2D eigenvalue weighted by Gasteiger charge is 2.36. The first-order valence-corrected chi connectivity index (χ1v) is 9.89. The van der Waals surface area contributed by atoms with Crippen LogP contribution in [-0.4, -0.2) is 24.9 Å². The van der Waals surface area contributed by atoms with Gasteiger partial charge in [-0.1, -0.05) is 18.2 Å². The molecule has 0 aromatic heterocycles. The van der Waals surface area contributed by atoms with E-state index in [0.717, 1.165) is 24.3 Å². The molecule has 2 aromatic carbocycles. The molecule has 0 saturated heterocycles. The molecule has 2 aromatic rings. The quantitative estimate of drug-likeness (QED) is 0.652. The van der Waals surface area contributed by atoms with Crippen LogP contribution in [0.5, 0.6) is 0 Å². The Morgan fingerprint density at radius 3 is 2.28 bits per heavy atom. The predicted octanol–water partition coefficient (Wildman–Crippen LogP) is 4.26. The normalized spacial score (nSPS) is 11.1. The third-order valence-electron chi connectivity index (χ3n) is 5.12. The van der Waals surface area contributed by atoms with Gasteiger partial charge in [-0.25, -0.2) is 4.39 Å². The Hall–Kier alpha value is -2.89. The maximum absolute atomic E-state index is 13.7. The van der Waals surface area contributed by atoms with E-state index in [1.54, 1.807) is 32.0 Å². The molecule has 0 fully saturated rings. The Labute approximate surface area is 172 Å². The van der Waals surface area contributed by atoms with E-state index in [0.29, 0.717) is 11.3 Å². The number of benzene rings is 2. The Kier molecular flexibility index (Phi) is 7.37. The molecule has 156 valence electrons. The minimum atomic E-state index is -1.31. The third-order valence-corrected chi connectivity index (χ3v) is 5.12. The Morgan fingerprint density at radius 1 is 1.03 bits per heavy atom. The summed E-state index contributed by atoms with van der Waals surface area (Å²) in [5.41, 5.74) is 1.74. The SMILES string of the molecule is CCN(CC)c1ccc(NC(=O)C(C)(C)C(=O)NCc2ccccc2F)c(C)c1. The van der Waals surface area contributed by atoms with Crippen LogP contribution in [0.1, 0.15) is 38.8 Å². The van der Waals surface area contributed by atoms with Gasteiger partial charge >= 0.3 is 0 Å². The summed E-state index contributed by atoms with van der Waals surface area (Å²) in [6.45, 7) is 11.0. The first kappa shape index (κ1) is 22.4. The summed E-state index contributed by atoms with van der Waals surface area (Å²) in [4.78, 5) is 27.6. The van der Waals surface area contributed by atoms with E-state index in [1.165, 1.54) is 6.07 Å². The molecule has 29 heavy (non-hydrogen) atoms. The van der Waals surface area contributed by atoms with Crippen LogP contribution in [0.15, 0.2) is 42.5 Å². The summed E-state index contributed by atoms with van der Waals surface area (Å²) in [7, 11) is 0. The fourth-order valence-electron chi connectivity index (χ4n) is 2.99. The van der Waals surface area contributed by atoms with Gasteiger partial charge in [-0.2, -0.15) is 0 Å². The molecule has 6 heteroatoms. The van der Waals surface area contributed by atoms with Crippen molar-refractivity contribution < 1.29 is 14.0 Å². The minimum Gasteiger partial charge on any atom is -0.372 e. The topological polar surface area (TPSA) is 61.4 Å². The summed E-state index contributed by atoms with van der Waals surface area (Å²) >= 11 is 0. The van der Waals surface area contributed by atoms with Crippen LogP contribution in [0.3, 0.4) is 0 Å². The van der Waals surface area contributed by atoms with Gasteiger partial charge in [0.15, 0.2) is 0 Å². The van der Waals surface area contributed by atoms with Crippen molar-refractivity contribution in [3.8, 4) is 0 Å². The molecule has 0 radical (unpaired) electrons. The fourth-order valence-corrected chi connectivity index (χ4v) is 2.99. The van der Waals surface area contributed by atoms with Crippen molar-refractivity contribution in [1.29, 1.82) is 0 Å². The molecule has 0 atom stereocenters. The summed E-state index contributed by atoms with van der Waals surface area (Å²) in [6, 6.07) is 12.1. The number of aryl methyl sites for hydroxylation is 1. The minimum absolute atomic E-state index is 0.0276. The summed E-state index contributed by atoms with van der Waals surface area (Å²) in [6.07, 6.45) is 0. The second-order valence-electron chi connectivity index (χ2n) is 7.52. The number of halogens is 1. The van der Waals surface area contributed by atoms with Crippen molar-refractivity contribution in [1.82, 2.24) is 5.32 Å². The lowest BCUT2D eigenvalue weighted by atomic mass is 9.90. The molecule has 0 aliphatic rings. The van der Waals surface area contributed by atoms with Crippen molar-refractivity contribution in [3.05, 3.63) is 59.4 Å². The van der Waals surface area contributed by atoms with Gasteiger partial charge in [-0.15, -0.1) is 0 Å². The van der Waals surface area contributed by atoms with Crippen LogP contribution in [0.25, 0.3) is 0 Å². The van der Waals surface area contributed by atoms with Crippen molar-refractivity contribution >= 4 is 23.2 Å². The first-order chi connectivity index (χ1) is 13.7. The molecule has 0 spiro atoms. The van der Waals surface area contributed by atoms with E-state index in [4.69, 9.17) is 0 Å². The van der Waals surface area contributed by atoms with Crippen molar-refractivity contribution in [2.45, 2.75) is 41.2 Å². The second-order valence-corrected chi connectivity index (χ2v) is 7.52. The summed E-state index contributed by atoms with van der Waals surface area (Å²) in [5.74, 6) is -1.27. The molecule has 0 heterocycles. The van der Waals surface area contributed by atoms with Crippen LogP contribution < -0.4 is 15.5 Å². The summed E-state index contributed by atoms with van der Waals surface area (Å²) in [5, 5.41) is 5.50. The maximum Gasteiger partial charge on any atom is 0.239 e. The van der Waals surface area contributed by atoms with E-state index in [1.807, 2.05) is 25.1 Å². The average Bonchev–Trinajstić information content (AvgIpc) is 2.69. The lowest BCUT2D eigenvalue weighted by Gasteiger charge is -2.25. The zero-order valence-electron chi connectivity index (χ0n) is 17.8. The van der Waals surface area contributed by atoms with Crippen LogP contribution in [-0.2, 0) is 16.1 Å². The van der Waals surface area contributed by atoms with Gasteiger partial charge in [0, 0.05) is 36.6 Å². The van der Waals surface area contributed by atoms with Crippen molar-refractivity contribution in [2.24, 2.45) is 5.41 Å². The van der Waals surface area contributed by atoms with Gasteiger partial charge in [-0.05, 0) is 64.4 Å². The number of amides is 2. The fraction of sp³-hybridized carbons (Fsp3) is 0.391. The largest absolute Gasteiger partial charge is 0.372 e. The number of carbonyl (C=O) groups excluding carboxylic acids is 2. The molecule has 2 N–H and O–H groups in total. The molecule has 2 rings (SSSR count). The highest BCUT2D eigenvalue weighted by Crippen LogP contribution is 2.25. The molecule has 2 amide bonds. The Bertz CT molecular complexity index is 876. The van der Waals surface area contributed by atoms with Crippen molar-refractivity contribution in [2.75, 3.05) is 23.3 Å². The number of carbonyl (C=O) groups is 2. The van der Waals surface area contributed by atoms with Gasteiger partial charge in [0.25, 0.3) is 0 Å². The van der Waals surface area contributed by atoms with E-state index in [9.17, 15) is 14.0 Å². The number of hydrogen-bond acceptors (Lipinski definition) is 3. The Balaban J connectivity index is 2.06. The lowest BCUT2D eigenvalue weighted by molar-refractivity contribution is -0.138. The van der Waals surface area contributed by atoms with Crippen LogP contribution >= 0.6 is 0 Å². The molecule has 0 bridgehead atoms. The standard InChI is InChI=1S/C23H30FN3O2/c1-6-27(7-2)18-12-13-20(16(3)14-18)26-22(29)23(4,5)21(28)25-15-17-10-8-9-11-19(17)24/h8-14H,6-7,15H2,1-5H3,(H,25,28)(H,26,29). The van der Waals surface area contributed by atoms with E-state index in [-0.39, 0.29) is 12.4 Å². The van der Waals surface area contributed by atoms with Gasteiger partial charge in [0.2, 0.25) is 11.8 Å². The second kappa shape index (κ2) is 9.54. The van der Waals surface area contributed by atoms with Gasteiger partial charge in [-0.3, -0.25) is 9.59 Å². The van der Waals surface area contributed by atoms with Gasteiger partial charge < -0.3 is 15.5 Å². The van der Waals surface area contributed by atoms with E-state index in [2.05, 4.69) is 29.4 Å². The van der Waals surface area contributed by atoms with Crippen LogP contribution in [0.4, 0.5) is 15.8 Å². The zero-order chi connectivity index (χ0) is 21.6.